The van der Waals surface area contributed by atoms with Crippen LogP contribution in [0.2, 0.25) is 0 Å². The maximum atomic E-state index is 13.0. The normalized spacial score (nSPS) is 18.7. The highest BCUT2D eigenvalue weighted by Gasteiger charge is 2.31. The summed E-state index contributed by atoms with van der Waals surface area (Å²) in [6, 6.07) is 2.77. The van der Waals surface area contributed by atoms with Crippen molar-refractivity contribution in [3.8, 4) is 11.4 Å². The number of hydrogen-bond acceptors (Lipinski definition) is 5. The van der Waals surface area contributed by atoms with Crippen molar-refractivity contribution in [1.82, 2.24) is 20.1 Å². The van der Waals surface area contributed by atoms with Gasteiger partial charge in [0, 0.05) is 24.4 Å². The van der Waals surface area contributed by atoms with E-state index in [0.29, 0.717) is 6.42 Å². The van der Waals surface area contributed by atoms with Crippen molar-refractivity contribution in [2.75, 3.05) is 18.1 Å². The van der Waals surface area contributed by atoms with Crippen LogP contribution >= 0.6 is 0 Å². The van der Waals surface area contributed by atoms with Gasteiger partial charge in [0.2, 0.25) is 5.91 Å². The van der Waals surface area contributed by atoms with Crippen molar-refractivity contribution in [2.24, 2.45) is 5.92 Å². The minimum atomic E-state index is -4.64. The smallest absolute Gasteiger partial charge is 0.352 e. The van der Waals surface area contributed by atoms with Gasteiger partial charge in [0.25, 0.3) is 0 Å². The van der Waals surface area contributed by atoms with Gasteiger partial charge >= 0.3 is 6.18 Å². The number of alkyl halides is 4. The van der Waals surface area contributed by atoms with E-state index in [1.807, 2.05) is 0 Å². The lowest BCUT2D eigenvalue weighted by molar-refractivity contribution is -0.137. The van der Waals surface area contributed by atoms with Crippen LogP contribution in [0.3, 0.4) is 0 Å². The number of aromatic nitrogens is 3. The van der Waals surface area contributed by atoms with Gasteiger partial charge in [-0.2, -0.15) is 13.2 Å². The summed E-state index contributed by atoms with van der Waals surface area (Å²) in [6.07, 6.45) is -0.560. The van der Waals surface area contributed by atoms with E-state index in [9.17, 15) is 30.8 Å². The summed E-state index contributed by atoms with van der Waals surface area (Å²) in [5.41, 5.74) is -1.16. The van der Waals surface area contributed by atoms with Gasteiger partial charge in [-0.1, -0.05) is 0 Å². The van der Waals surface area contributed by atoms with Crippen LogP contribution in [-0.2, 0) is 27.5 Å². The summed E-state index contributed by atoms with van der Waals surface area (Å²) in [5, 5.41) is 6.57. The van der Waals surface area contributed by atoms with E-state index in [4.69, 9.17) is 0 Å². The summed E-state index contributed by atoms with van der Waals surface area (Å²) < 4.78 is 75.8. The van der Waals surface area contributed by atoms with Crippen molar-refractivity contribution in [1.29, 1.82) is 0 Å². The number of nitrogens with one attached hydrogen (secondary N) is 1. The number of nitrogens with zero attached hydrogens (tertiary/aromatic N) is 3. The molecule has 1 aliphatic heterocycles. The second kappa shape index (κ2) is 8.54. The average Bonchev–Trinajstić information content (AvgIpc) is 3.29. The van der Waals surface area contributed by atoms with Crippen molar-refractivity contribution in [2.45, 2.75) is 19.3 Å². The maximum absolute atomic E-state index is 13.0. The molecular formula is C18H18F4N4O3S. The van der Waals surface area contributed by atoms with E-state index in [1.165, 1.54) is 18.6 Å². The van der Waals surface area contributed by atoms with Crippen LogP contribution in [0.1, 0.15) is 17.5 Å². The van der Waals surface area contributed by atoms with Gasteiger partial charge in [-0.05, 0) is 36.1 Å². The van der Waals surface area contributed by atoms with E-state index in [1.54, 1.807) is 0 Å². The molecule has 162 valence electrons. The Hall–Kier alpha value is -2.76. The minimum Gasteiger partial charge on any atom is -0.352 e. The van der Waals surface area contributed by atoms with Gasteiger partial charge in [-0.25, -0.2) is 22.5 Å². The number of carbonyl (C=O) groups excluding carboxylic acids is 1. The maximum Gasteiger partial charge on any atom is 0.416 e. The fourth-order valence-electron chi connectivity index (χ4n) is 3.02. The molecule has 0 bridgehead atoms. The fraction of sp³-hybridized carbons (Fsp3) is 0.389. The van der Waals surface area contributed by atoms with Crippen LogP contribution in [0, 0.1) is 5.92 Å². The number of hydrogen-bond donors (Lipinski definition) is 1. The molecule has 30 heavy (non-hydrogen) atoms. The quantitative estimate of drug-likeness (QED) is 0.544. The average molecular weight is 446 g/mol. The zero-order valence-electron chi connectivity index (χ0n) is 15.6. The Bertz CT molecular complexity index is 1060. The molecule has 12 heteroatoms. The minimum absolute atomic E-state index is 0.00322. The lowest BCUT2D eigenvalue weighted by atomic mass is 10.1. The predicted molar refractivity (Wildman–Crippen MR) is 100 cm³/mol. The SMILES string of the molecule is O=C(/C=C\n1cnc(-c2cc(CF)cc(C(F)(F)F)c2)n1)NCC1CCS(=O)(=O)C1. The highest BCUT2D eigenvalue weighted by atomic mass is 32.2. The topological polar surface area (TPSA) is 93.9 Å². The molecule has 0 saturated carbocycles. The Morgan fingerprint density at radius 2 is 2.07 bits per heavy atom. The van der Waals surface area contributed by atoms with Gasteiger partial charge in [0.1, 0.15) is 13.0 Å². The lowest BCUT2D eigenvalue weighted by Crippen LogP contribution is -2.28. The fourth-order valence-corrected chi connectivity index (χ4v) is 4.88. The Labute approximate surface area is 169 Å². The summed E-state index contributed by atoms with van der Waals surface area (Å²) in [6.45, 7) is -0.846. The molecule has 1 aromatic heterocycles. The number of rotatable bonds is 6. The van der Waals surface area contributed by atoms with E-state index < -0.39 is 34.2 Å². The third-order valence-corrected chi connectivity index (χ3v) is 6.35. The number of amides is 1. The monoisotopic (exact) mass is 446 g/mol. The first-order chi connectivity index (χ1) is 14.1. The molecule has 1 saturated heterocycles. The molecule has 0 aliphatic carbocycles. The molecule has 0 radical (unpaired) electrons. The third kappa shape index (κ3) is 5.65. The Morgan fingerprint density at radius 1 is 1.30 bits per heavy atom. The van der Waals surface area contributed by atoms with Gasteiger partial charge in [0.05, 0.1) is 17.1 Å². The van der Waals surface area contributed by atoms with Gasteiger partial charge in [-0.15, -0.1) is 5.10 Å². The standard InChI is InChI=1S/C18H18F4N4O3S/c19-8-13-5-14(7-15(6-13)18(20,21)22)17-24-11-26(25-17)3-1-16(27)23-9-12-2-4-30(28,29)10-12/h1,3,5-7,11-12H,2,4,8-10H2,(H,23,27)/b3-1-. The third-order valence-electron chi connectivity index (χ3n) is 4.51. The zero-order valence-corrected chi connectivity index (χ0v) is 16.4. The van der Waals surface area contributed by atoms with Gasteiger partial charge in [0.15, 0.2) is 15.7 Å². The van der Waals surface area contributed by atoms with E-state index in [0.717, 1.165) is 22.9 Å². The molecule has 1 atom stereocenters. The first-order valence-corrected chi connectivity index (χ1v) is 10.7. The lowest BCUT2D eigenvalue weighted by Gasteiger charge is -2.09. The molecule has 2 heterocycles. The molecular weight excluding hydrogens is 428 g/mol. The Balaban J connectivity index is 1.65. The van der Waals surface area contributed by atoms with E-state index in [-0.39, 0.29) is 40.9 Å². The van der Waals surface area contributed by atoms with Crippen LogP contribution in [0.4, 0.5) is 17.6 Å². The van der Waals surface area contributed by atoms with Crippen LogP contribution in [0.25, 0.3) is 17.6 Å². The number of benzene rings is 1. The molecule has 1 unspecified atom stereocenters. The van der Waals surface area contributed by atoms with Crippen LogP contribution in [0.15, 0.2) is 30.6 Å². The first kappa shape index (κ1) is 21.9. The molecule has 0 spiro atoms. The van der Waals surface area contributed by atoms with Crippen molar-refractivity contribution in [3.63, 3.8) is 0 Å². The molecule has 7 nitrogen and oxygen atoms in total. The highest BCUT2D eigenvalue weighted by Crippen LogP contribution is 2.33. The van der Waals surface area contributed by atoms with Gasteiger partial charge < -0.3 is 5.32 Å². The van der Waals surface area contributed by atoms with Crippen molar-refractivity contribution >= 4 is 21.9 Å². The van der Waals surface area contributed by atoms with Crippen LogP contribution in [-0.4, -0.2) is 47.1 Å². The molecule has 1 N–H and O–H groups in total. The number of sulfone groups is 1. The predicted octanol–water partition coefficient (Wildman–Crippen LogP) is 2.46. The van der Waals surface area contributed by atoms with Crippen molar-refractivity contribution in [3.05, 3.63) is 41.7 Å². The molecule has 1 amide bonds. The summed E-state index contributed by atoms with van der Waals surface area (Å²) >= 11 is 0. The largest absolute Gasteiger partial charge is 0.416 e. The first-order valence-electron chi connectivity index (χ1n) is 8.91. The van der Waals surface area contributed by atoms with Crippen molar-refractivity contribution < 1.29 is 30.8 Å². The summed E-state index contributed by atoms with van der Waals surface area (Å²) in [4.78, 5) is 15.8. The molecule has 1 aromatic carbocycles. The van der Waals surface area contributed by atoms with Crippen LogP contribution in [0.5, 0.6) is 0 Å². The van der Waals surface area contributed by atoms with Gasteiger partial charge in [-0.3, -0.25) is 4.79 Å². The molecule has 1 aliphatic rings. The highest BCUT2D eigenvalue weighted by molar-refractivity contribution is 7.91. The zero-order chi connectivity index (χ0) is 21.9. The Morgan fingerprint density at radius 3 is 2.70 bits per heavy atom. The summed E-state index contributed by atoms with van der Waals surface area (Å²) in [5.74, 6) is -0.505. The van der Waals surface area contributed by atoms with E-state index >= 15 is 0 Å². The molecule has 1 fully saturated rings. The molecule has 2 aromatic rings. The number of carbonyl (C=O) groups is 1. The second-order valence-corrected chi connectivity index (χ2v) is 9.16. The Kier molecular flexibility index (Phi) is 6.25. The van der Waals surface area contributed by atoms with Crippen LogP contribution < -0.4 is 5.32 Å². The summed E-state index contributed by atoms with van der Waals surface area (Å²) in [7, 11) is -3.03. The van der Waals surface area contributed by atoms with E-state index in [2.05, 4.69) is 15.4 Å². The second-order valence-electron chi connectivity index (χ2n) is 6.93. The molecule has 3 rings (SSSR count). The number of halogens is 4.